The summed E-state index contributed by atoms with van der Waals surface area (Å²) in [5, 5.41) is 55.1. The Morgan fingerprint density at radius 3 is 2.47 bits per heavy atom. The maximum Gasteiger partial charge on any atom is 0.311 e. The third-order valence-electron chi connectivity index (χ3n) is 11.2. The summed E-state index contributed by atoms with van der Waals surface area (Å²) in [5.74, 6) is -1.97. The predicted octanol–water partition coefficient (Wildman–Crippen LogP) is 3.48. The number of hydrogen-bond acceptors (Lipinski definition) is 14. The zero-order valence-corrected chi connectivity index (χ0v) is 36.8. The van der Waals surface area contributed by atoms with Crippen molar-refractivity contribution in [3.63, 3.8) is 0 Å². The number of rotatable bonds is 24. The number of aliphatic hydroxyl groups is 4. The smallest absolute Gasteiger partial charge is 0.311 e. The monoisotopic (exact) mass is 839 g/mol. The van der Waals surface area contributed by atoms with Gasteiger partial charge in [0.25, 0.3) is 0 Å². The van der Waals surface area contributed by atoms with Crippen molar-refractivity contribution in [2.75, 3.05) is 52.7 Å². The zero-order chi connectivity index (χ0) is 43.4. The first-order chi connectivity index (χ1) is 27.2. The van der Waals surface area contributed by atoms with E-state index < -0.39 is 59.9 Å². The summed E-state index contributed by atoms with van der Waals surface area (Å²) in [4.78, 5) is 32.5. The molecule has 1 aliphatic rings. The van der Waals surface area contributed by atoms with Crippen LogP contribution in [0.5, 0.6) is 0 Å². The van der Waals surface area contributed by atoms with E-state index in [2.05, 4.69) is 20.9 Å². The molecule has 0 saturated carbocycles. The normalized spacial score (nSPS) is 23.9. The van der Waals surface area contributed by atoms with Crippen molar-refractivity contribution in [1.82, 2.24) is 20.5 Å². The Balaban J connectivity index is 1.71. The van der Waals surface area contributed by atoms with Crippen LogP contribution in [0.15, 0.2) is 30.5 Å². The van der Waals surface area contributed by atoms with E-state index in [0.29, 0.717) is 37.4 Å². The van der Waals surface area contributed by atoms with Crippen LogP contribution >= 0.6 is 11.6 Å². The molecule has 1 aromatic carbocycles. The number of amides is 1. The van der Waals surface area contributed by atoms with Crippen molar-refractivity contribution in [1.29, 1.82) is 0 Å². The number of aromatic nitrogens is 1. The number of hydrogen-bond donors (Lipinski definition) is 7. The van der Waals surface area contributed by atoms with Gasteiger partial charge in [-0.05, 0) is 118 Å². The van der Waals surface area contributed by atoms with Gasteiger partial charge in [-0.3, -0.25) is 14.6 Å². The average molecular weight is 841 g/mol. The van der Waals surface area contributed by atoms with Gasteiger partial charge in [-0.15, -0.1) is 0 Å². The van der Waals surface area contributed by atoms with E-state index in [4.69, 9.17) is 30.5 Å². The molecule has 7 N–H and O–H groups in total. The van der Waals surface area contributed by atoms with E-state index >= 15 is 0 Å². The molecule has 0 radical (unpaired) electrons. The Kier molecular flexibility index (Phi) is 19.5. The first-order valence-corrected chi connectivity index (χ1v) is 20.9. The van der Waals surface area contributed by atoms with Crippen molar-refractivity contribution in [2.45, 2.75) is 141 Å². The highest BCUT2D eigenvalue weighted by Crippen LogP contribution is 2.34. The predicted molar refractivity (Wildman–Crippen MR) is 225 cm³/mol. The van der Waals surface area contributed by atoms with Crippen LogP contribution in [-0.4, -0.2) is 150 Å². The van der Waals surface area contributed by atoms with Crippen LogP contribution in [0.25, 0.3) is 10.9 Å². The van der Waals surface area contributed by atoms with Crippen molar-refractivity contribution in [2.24, 2.45) is 11.8 Å². The van der Waals surface area contributed by atoms with Gasteiger partial charge in [-0.2, -0.15) is 0 Å². The highest BCUT2D eigenvalue weighted by atomic mass is 35.5. The zero-order valence-electron chi connectivity index (χ0n) is 36.0. The van der Waals surface area contributed by atoms with Gasteiger partial charge in [0.2, 0.25) is 5.91 Å². The summed E-state index contributed by atoms with van der Waals surface area (Å²) in [6, 6.07) is 7.09. The maximum absolute atomic E-state index is 13.3. The number of halogens is 1. The third kappa shape index (κ3) is 14.2. The number of pyridine rings is 1. The number of fused-ring (bicyclic) bond motifs is 1. The fourth-order valence-corrected chi connectivity index (χ4v) is 7.61. The molecule has 58 heavy (non-hydrogen) atoms. The van der Waals surface area contributed by atoms with E-state index in [1.165, 1.54) is 20.8 Å². The lowest BCUT2D eigenvalue weighted by atomic mass is 9.83. The van der Waals surface area contributed by atoms with E-state index in [1.54, 1.807) is 38.2 Å². The summed E-state index contributed by atoms with van der Waals surface area (Å²) in [5.41, 5.74) is -1.67. The van der Waals surface area contributed by atoms with Crippen LogP contribution in [0.1, 0.15) is 80.6 Å². The highest BCUT2D eigenvalue weighted by molar-refractivity contribution is 6.31. The standard InChI is InChI=1S/C42H70ClN5O10/c1-11-35(42(7,54)28(5)49)57-39(52)27(4)34(50)21-36(41(6,53)22-25(2)23-44-8)58-40-38(33(48(9)10)19-26(3)56-40)55-18-12-16-46-37(51)24-47-31-15-17-45-32-20-29(43)13-14-30(31)32/h13-15,17,20,25-28,33-36,38,40,44,49-50,53-54H,11-12,16,18-19,21-24H2,1-10H3,(H,45,47)(H,46,51)/t25-,26?,27?,28?,33?,34+,35-,36-,38-,40?,41-,42+/m1/s1. The molecule has 2 heterocycles. The number of nitrogens with one attached hydrogen (secondary N) is 3. The van der Waals surface area contributed by atoms with E-state index in [0.717, 1.165) is 16.6 Å². The quantitative estimate of drug-likeness (QED) is 0.0598. The Labute approximate surface area is 349 Å². The fourth-order valence-electron chi connectivity index (χ4n) is 7.44. The molecule has 3 rings (SSSR count). The lowest BCUT2D eigenvalue weighted by molar-refractivity contribution is -0.298. The molecule has 15 nitrogen and oxygen atoms in total. The third-order valence-corrected chi connectivity index (χ3v) is 11.4. The second-order valence-corrected chi connectivity index (χ2v) is 17.1. The van der Waals surface area contributed by atoms with E-state index in [9.17, 15) is 30.0 Å². The van der Waals surface area contributed by atoms with Gasteiger partial charge < -0.3 is 60.2 Å². The first-order valence-electron chi connectivity index (χ1n) is 20.5. The minimum atomic E-state index is -1.70. The molecule has 5 unspecified atom stereocenters. The largest absolute Gasteiger partial charge is 0.459 e. The van der Waals surface area contributed by atoms with Gasteiger partial charge in [-0.25, -0.2) is 0 Å². The van der Waals surface area contributed by atoms with Gasteiger partial charge in [0.15, 0.2) is 6.29 Å². The number of anilines is 1. The number of ether oxygens (including phenoxy) is 4. The summed E-state index contributed by atoms with van der Waals surface area (Å²) >= 11 is 6.11. The maximum atomic E-state index is 13.3. The number of likely N-dealkylation sites (N-methyl/N-ethyl adjacent to an activating group) is 1. The lowest BCUT2D eigenvalue weighted by Crippen LogP contribution is -2.58. The summed E-state index contributed by atoms with van der Waals surface area (Å²) in [6.45, 7) is 13.0. The van der Waals surface area contributed by atoms with E-state index in [-0.39, 0.29) is 50.0 Å². The fraction of sp³-hybridized carbons (Fsp3) is 0.738. The molecule has 2 aromatic rings. The molecule has 0 aliphatic carbocycles. The number of benzene rings is 1. The SMILES string of the molecule is CC[C@@H](OC(=O)C(C)[C@@H](O)C[C@@H](OC1OC(C)CC(N(C)C)[C@H]1OCCCNC(=O)CNc1ccnc2cc(Cl)ccc12)[C@](C)(O)C[C@@H](C)CNC)[C@@](C)(O)C(C)O. The highest BCUT2D eigenvalue weighted by Gasteiger charge is 2.46. The molecule has 1 aliphatic heterocycles. The second-order valence-electron chi connectivity index (χ2n) is 16.7. The molecule has 1 saturated heterocycles. The summed E-state index contributed by atoms with van der Waals surface area (Å²) in [6.07, 6.45) is -3.05. The number of carbonyl (C=O) groups is 2. The number of aliphatic hydroxyl groups excluding tert-OH is 2. The topological polar surface area (TPSA) is 204 Å². The molecule has 16 heteroatoms. The van der Waals surface area contributed by atoms with Gasteiger partial charge in [0, 0.05) is 47.9 Å². The summed E-state index contributed by atoms with van der Waals surface area (Å²) < 4.78 is 25.1. The number of esters is 1. The summed E-state index contributed by atoms with van der Waals surface area (Å²) in [7, 11) is 5.73. The van der Waals surface area contributed by atoms with Crippen LogP contribution in [0.3, 0.4) is 0 Å². The van der Waals surface area contributed by atoms with Crippen molar-refractivity contribution in [3.05, 3.63) is 35.5 Å². The Morgan fingerprint density at radius 2 is 1.83 bits per heavy atom. The van der Waals surface area contributed by atoms with Gasteiger partial charge in [0.1, 0.15) is 17.8 Å². The van der Waals surface area contributed by atoms with Crippen LogP contribution < -0.4 is 16.0 Å². The molecule has 1 fully saturated rings. The molecular formula is C42H70ClN5O10. The Bertz CT molecular complexity index is 1580. The minimum Gasteiger partial charge on any atom is -0.459 e. The number of nitrogens with zero attached hydrogens (tertiary/aromatic N) is 2. The molecule has 330 valence electrons. The molecule has 1 amide bonds. The van der Waals surface area contributed by atoms with Gasteiger partial charge in [-0.1, -0.05) is 25.4 Å². The van der Waals surface area contributed by atoms with Crippen molar-refractivity contribution < 1.29 is 49.0 Å². The Morgan fingerprint density at radius 1 is 1.12 bits per heavy atom. The second kappa shape index (κ2) is 22.8. The van der Waals surface area contributed by atoms with Crippen LogP contribution in [0.2, 0.25) is 5.02 Å². The lowest BCUT2D eigenvalue weighted by Gasteiger charge is -2.46. The van der Waals surface area contributed by atoms with Gasteiger partial charge in [0.05, 0.1) is 48.0 Å². The molecule has 0 bridgehead atoms. The van der Waals surface area contributed by atoms with Crippen LogP contribution in [-0.2, 0) is 28.5 Å². The average Bonchev–Trinajstić information content (AvgIpc) is 3.15. The minimum absolute atomic E-state index is 0.0277. The van der Waals surface area contributed by atoms with Crippen LogP contribution in [0, 0.1) is 11.8 Å². The van der Waals surface area contributed by atoms with E-state index in [1.807, 2.05) is 46.0 Å². The van der Waals surface area contributed by atoms with Crippen LogP contribution in [0.4, 0.5) is 5.69 Å². The molecule has 0 spiro atoms. The first kappa shape index (κ1) is 49.7. The van der Waals surface area contributed by atoms with Crippen molar-refractivity contribution >= 4 is 40.1 Å². The molecular weight excluding hydrogens is 770 g/mol. The number of carbonyl (C=O) groups excluding carboxylic acids is 2. The molecule has 1 aromatic heterocycles. The molecule has 12 atom stereocenters. The van der Waals surface area contributed by atoms with Crippen molar-refractivity contribution in [3.8, 4) is 0 Å². The van der Waals surface area contributed by atoms with Gasteiger partial charge >= 0.3 is 5.97 Å². The Hall–Kier alpha value is -2.70.